The average molecular weight is 372 g/mol. The Balaban J connectivity index is 2.12. The molecule has 2 aromatic rings. The van der Waals surface area contributed by atoms with E-state index >= 15 is 0 Å². The molecule has 0 bridgehead atoms. The normalized spacial score (nSPS) is 13.5. The van der Waals surface area contributed by atoms with Crippen LogP contribution >= 0.6 is 0 Å². The van der Waals surface area contributed by atoms with Gasteiger partial charge in [0.05, 0.1) is 6.10 Å². The molecule has 1 atom stereocenters. The van der Waals surface area contributed by atoms with Gasteiger partial charge < -0.3 is 8.54 Å². The van der Waals surface area contributed by atoms with E-state index in [9.17, 15) is 0 Å². The van der Waals surface area contributed by atoms with Gasteiger partial charge in [-0.1, -0.05) is 67.6 Å². The quantitative estimate of drug-likeness (QED) is 0.591. The Kier molecular flexibility index (Phi) is 7.18. The molecule has 0 aliphatic carbocycles. The van der Waals surface area contributed by atoms with Gasteiger partial charge in [0, 0.05) is 0 Å². The summed E-state index contributed by atoms with van der Waals surface area (Å²) in [5.74, 6) is 0. The van der Waals surface area contributed by atoms with Crippen molar-refractivity contribution in [3.63, 3.8) is 0 Å². The summed E-state index contributed by atoms with van der Waals surface area (Å²) in [6.07, 6.45) is -0.00832. The molecule has 3 radical (unpaired) electrons. The molecule has 1 unspecified atom stereocenters. The third kappa shape index (κ3) is 5.53. The third-order valence-corrected chi connectivity index (χ3v) is 13.1. The van der Waals surface area contributed by atoms with Crippen LogP contribution in [0.2, 0.25) is 31.4 Å². The fourth-order valence-corrected chi connectivity index (χ4v) is 9.91. The number of rotatable bonds is 8. The highest BCUT2D eigenvalue weighted by Crippen LogP contribution is 2.29. The highest BCUT2D eigenvalue weighted by molar-refractivity contribution is 6.84. The summed E-state index contributed by atoms with van der Waals surface area (Å²) in [6, 6.07) is 21.0. The molecule has 2 rings (SSSR count). The first-order chi connectivity index (χ1) is 11.4. The van der Waals surface area contributed by atoms with Gasteiger partial charge in [-0.3, -0.25) is 0 Å². The van der Waals surface area contributed by atoms with Gasteiger partial charge >= 0.3 is 0 Å². The van der Waals surface area contributed by atoms with Crippen LogP contribution in [-0.2, 0) is 8.54 Å². The second kappa shape index (κ2) is 8.92. The number of hydrogen-bond acceptors (Lipinski definition) is 2. The minimum Gasteiger partial charge on any atom is -0.456 e. The molecular formula is C19H27O2Si3. The summed E-state index contributed by atoms with van der Waals surface area (Å²) in [5.41, 5.74) is 2.42. The standard InChI is InChI=1S/C19H27O2Si3/c1-16(24(4,5)21-23(2)3)22-20-19(17-12-8-6-9-13-17)18-14-10-7-11-15-18/h6-16,19H,1-5H3. The molecule has 24 heavy (non-hydrogen) atoms. The summed E-state index contributed by atoms with van der Waals surface area (Å²) >= 11 is 0. The van der Waals surface area contributed by atoms with Gasteiger partial charge in [-0.15, -0.1) is 0 Å². The van der Waals surface area contributed by atoms with E-state index in [1.165, 1.54) is 11.1 Å². The van der Waals surface area contributed by atoms with Crippen molar-refractivity contribution >= 4 is 27.1 Å². The summed E-state index contributed by atoms with van der Waals surface area (Å²) in [7, 11) is -1.93. The Morgan fingerprint density at radius 1 is 0.875 bits per heavy atom. The molecule has 0 saturated heterocycles. The zero-order valence-corrected chi connectivity index (χ0v) is 18.2. The van der Waals surface area contributed by atoms with Crippen molar-refractivity contribution < 1.29 is 8.54 Å². The van der Waals surface area contributed by atoms with Crippen LogP contribution in [-0.4, -0.2) is 27.1 Å². The van der Waals surface area contributed by atoms with Crippen molar-refractivity contribution in [3.05, 3.63) is 71.8 Å². The summed E-state index contributed by atoms with van der Waals surface area (Å²) in [5, 5.41) is 0.479. The molecule has 0 aliphatic heterocycles. The van der Waals surface area contributed by atoms with Gasteiger partial charge in [0.2, 0.25) is 9.76 Å². The summed E-state index contributed by atoms with van der Waals surface area (Å²) in [6.45, 7) is 11.3. The topological polar surface area (TPSA) is 18.5 Å². The van der Waals surface area contributed by atoms with E-state index in [0.717, 1.165) is 0 Å². The van der Waals surface area contributed by atoms with E-state index in [2.05, 4.69) is 81.6 Å². The number of benzene rings is 2. The van der Waals surface area contributed by atoms with Crippen molar-refractivity contribution in [2.24, 2.45) is 0 Å². The van der Waals surface area contributed by atoms with E-state index in [-0.39, 0.29) is 6.10 Å². The molecule has 5 heteroatoms. The summed E-state index contributed by atoms with van der Waals surface area (Å²) < 4.78 is 12.7. The molecule has 0 aromatic heterocycles. The molecule has 2 nitrogen and oxygen atoms in total. The molecule has 127 valence electrons. The molecule has 2 aromatic carbocycles. The largest absolute Gasteiger partial charge is 0.456 e. The van der Waals surface area contributed by atoms with Crippen LogP contribution < -0.4 is 0 Å². The smallest absolute Gasteiger partial charge is 0.233 e. The fourth-order valence-electron chi connectivity index (χ4n) is 2.51. The highest BCUT2D eigenvalue weighted by Gasteiger charge is 2.33. The van der Waals surface area contributed by atoms with Crippen LogP contribution in [0.5, 0.6) is 0 Å². The van der Waals surface area contributed by atoms with E-state index in [1.807, 2.05) is 12.1 Å². The van der Waals surface area contributed by atoms with E-state index in [0.29, 0.717) is 14.9 Å². The Hall–Kier alpha value is -0.989. The SMILES string of the molecule is CC([Si]OC(c1ccccc1)c1ccccc1)[Si](C)(C)O[Si](C)C. The molecule has 0 amide bonds. The van der Waals surface area contributed by atoms with Crippen LogP contribution in [0.1, 0.15) is 24.2 Å². The van der Waals surface area contributed by atoms with Crippen molar-refractivity contribution in [2.45, 2.75) is 44.4 Å². The van der Waals surface area contributed by atoms with E-state index in [4.69, 9.17) is 8.54 Å². The van der Waals surface area contributed by atoms with Crippen molar-refractivity contribution in [1.82, 2.24) is 0 Å². The molecule has 0 heterocycles. The van der Waals surface area contributed by atoms with Gasteiger partial charge in [-0.05, 0) is 42.5 Å². The molecular weight excluding hydrogens is 344 g/mol. The van der Waals surface area contributed by atoms with Gasteiger partial charge in [-0.2, -0.15) is 0 Å². The van der Waals surface area contributed by atoms with Gasteiger partial charge in [-0.25, -0.2) is 0 Å². The Morgan fingerprint density at radius 2 is 1.33 bits per heavy atom. The first kappa shape index (κ1) is 19.3. The lowest BCUT2D eigenvalue weighted by molar-refractivity contribution is 0.258. The maximum atomic E-state index is 6.44. The first-order valence-corrected chi connectivity index (χ1v) is 14.8. The predicted octanol–water partition coefficient (Wildman–Crippen LogP) is 5.23. The van der Waals surface area contributed by atoms with Gasteiger partial charge in [0.15, 0.2) is 17.4 Å². The Morgan fingerprint density at radius 3 is 1.75 bits per heavy atom. The zero-order chi connectivity index (χ0) is 17.6. The van der Waals surface area contributed by atoms with Crippen molar-refractivity contribution in [2.75, 3.05) is 0 Å². The lowest BCUT2D eigenvalue weighted by Gasteiger charge is -2.32. The Bertz CT molecular complexity index is 563. The van der Waals surface area contributed by atoms with Crippen LogP contribution in [0.25, 0.3) is 0 Å². The predicted molar refractivity (Wildman–Crippen MR) is 107 cm³/mol. The van der Waals surface area contributed by atoms with Crippen LogP contribution in [0.3, 0.4) is 0 Å². The third-order valence-electron chi connectivity index (χ3n) is 4.08. The lowest BCUT2D eigenvalue weighted by Crippen LogP contribution is -2.42. The highest BCUT2D eigenvalue weighted by atomic mass is 28.4. The van der Waals surface area contributed by atoms with Crippen LogP contribution in [0.15, 0.2) is 60.7 Å². The molecule has 0 spiro atoms. The van der Waals surface area contributed by atoms with Crippen molar-refractivity contribution in [3.8, 4) is 0 Å². The van der Waals surface area contributed by atoms with E-state index in [1.54, 1.807) is 0 Å². The minimum atomic E-state index is -1.71. The molecule has 0 saturated carbocycles. The van der Waals surface area contributed by atoms with E-state index < -0.39 is 17.4 Å². The van der Waals surface area contributed by atoms with Gasteiger partial charge in [0.25, 0.3) is 0 Å². The second-order valence-electron chi connectivity index (χ2n) is 6.77. The Labute approximate surface area is 152 Å². The van der Waals surface area contributed by atoms with Gasteiger partial charge in [0.1, 0.15) is 0 Å². The zero-order valence-electron chi connectivity index (χ0n) is 15.2. The minimum absolute atomic E-state index is 0.00832. The fraction of sp³-hybridized carbons (Fsp3) is 0.368. The number of hydrogen-bond donors (Lipinski definition) is 0. The second-order valence-corrected chi connectivity index (χ2v) is 15.4. The average Bonchev–Trinajstić information content (AvgIpc) is 2.55. The van der Waals surface area contributed by atoms with Crippen molar-refractivity contribution in [1.29, 1.82) is 0 Å². The molecule has 0 aliphatic rings. The first-order valence-electron chi connectivity index (χ1n) is 8.40. The summed E-state index contributed by atoms with van der Waals surface area (Å²) in [4.78, 5) is 0. The molecule has 0 fully saturated rings. The maximum absolute atomic E-state index is 6.44. The maximum Gasteiger partial charge on any atom is 0.233 e. The van der Waals surface area contributed by atoms with Crippen LogP contribution in [0.4, 0.5) is 0 Å². The molecule has 0 N–H and O–H groups in total. The van der Waals surface area contributed by atoms with Crippen LogP contribution in [0, 0.1) is 0 Å². The monoisotopic (exact) mass is 371 g/mol. The lowest BCUT2D eigenvalue weighted by atomic mass is 10.0.